The van der Waals surface area contributed by atoms with Gasteiger partial charge in [-0.3, -0.25) is 0 Å². The molecule has 30 heavy (non-hydrogen) atoms. The molecule has 4 nitrogen and oxygen atoms in total. The van der Waals surface area contributed by atoms with E-state index in [9.17, 15) is 22.4 Å². The lowest BCUT2D eigenvalue weighted by Crippen LogP contribution is -2.09. The molecule has 3 heterocycles. The summed E-state index contributed by atoms with van der Waals surface area (Å²) in [7, 11) is 0. The lowest BCUT2D eigenvalue weighted by Gasteiger charge is -2.09. The summed E-state index contributed by atoms with van der Waals surface area (Å²) < 4.78 is 61.2. The molecule has 0 saturated carbocycles. The van der Waals surface area contributed by atoms with Crippen LogP contribution in [0.25, 0.3) is 32.9 Å². The molecule has 5 aromatic rings. The zero-order valence-electron chi connectivity index (χ0n) is 15.2. The van der Waals surface area contributed by atoms with Gasteiger partial charge in [-0.2, -0.15) is 13.2 Å². The van der Waals surface area contributed by atoms with Crippen LogP contribution < -0.4 is 5.63 Å². The Balaban J connectivity index is 1.94. The third kappa shape index (κ3) is 2.75. The van der Waals surface area contributed by atoms with Crippen molar-refractivity contribution >= 4 is 32.9 Å². The fourth-order valence-electron chi connectivity index (χ4n) is 3.78. The first-order valence-corrected chi connectivity index (χ1v) is 8.99. The van der Waals surface area contributed by atoms with Gasteiger partial charge in [-0.15, -0.1) is 0 Å². The summed E-state index contributed by atoms with van der Waals surface area (Å²) in [6, 6.07) is 12.5. The molecule has 0 fully saturated rings. The number of pyridine rings is 1. The number of hydrogen-bond acceptors (Lipinski definition) is 3. The van der Waals surface area contributed by atoms with Crippen molar-refractivity contribution < 1.29 is 22.0 Å². The summed E-state index contributed by atoms with van der Waals surface area (Å²) in [5.74, 6) is -0.480. The Bertz CT molecular complexity index is 1500. The second-order valence-corrected chi connectivity index (χ2v) is 6.88. The Morgan fingerprint density at radius 1 is 1.00 bits per heavy atom. The maximum Gasteiger partial charge on any atom is 0.416 e. The standard InChI is InChI=1S/C22H12F4N2O2/c23-16-6-2-1-4-12(16)11-28-17-8-7-13(22(24,25)26)10-15(17)18-14-5-3-9-27-20(14)30-21(29)19(18)28/h1-10H,11H2. The second-order valence-electron chi connectivity index (χ2n) is 6.88. The highest BCUT2D eigenvalue weighted by molar-refractivity contribution is 6.18. The van der Waals surface area contributed by atoms with Gasteiger partial charge in [0.05, 0.1) is 12.1 Å². The number of nitrogens with zero attached hydrogens (tertiary/aromatic N) is 2. The molecule has 0 radical (unpaired) electrons. The second kappa shape index (κ2) is 6.41. The van der Waals surface area contributed by atoms with E-state index in [0.29, 0.717) is 21.9 Å². The van der Waals surface area contributed by atoms with Gasteiger partial charge >= 0.3 is 11.8 Å². The van der Waals surface area contributed by atoms with Crippen molar-refractivity contribution in [1.29, 1.82) is 0 Å². The van der Waals surface area contributed by atoms with Gasteiger partial charge in [0.1, 0.15) is 11.3 Å². The van der Waals surface area contributed by atoms with Crippen molar-refractivity contribution in [1.82, 2.24) is 9.55 Å². The van der Waals surface area contributed by atoms with Gasteiger partial charge in [0, 0.05) is 33.4 Å². The Labute approximate surface area is 166 Å². The van der Waals surface area contributed by atoms with E-state index in [1.54, 1.807) is 24.3 Å². The summed E-state index contributed by atoms with van der Waals surface area (Å²) in [6.45, 7) is -0.0471. The van der Waals surface area contributed by atoms with Crippen LogP contribution in [0.1, 0.15) is 11.1 Å². The van der Waals surface area contributed by atoms with Crippen LogP contribution in [0.5, 0.6) is 0 Å². The molecule has 0 unspecified atom stereocenters. The van der Waals surface area contributed by atoms with Crippen LogP contribution >= 0.6 is 0 Å². The van der Waals surface area contributed by atoms with Crippen molar-refractivity contribution in [2.75, 3.05) is 0 Å². The largest absolute Gasteiger partial charge is 0.416 e. The molecular weight excluding hydrogens is 400 g/mol. The zero-order valence-corrected chi connectivity index (χ0v) is 15.2. The Morgan fingerprint density at radius 3 is 2.57 bits per heavy atom. The molecule has 150 valence electrons. The normalized spacial score (nSPS) is 12.3. The predicted octanol–water partition coefficient (Wildman–Crippen LogP) is 5.50. The van der Waals surface area contributed by atoms with E-state index in [1.165, 1.54) is 29.0 Å². The van der Waals surface area contributed by atoms with Gasteiger partial charge < -0.3 is 8.98 Å². The minimum absolute atomic E-state index is 0.0253. The van der Waals surface area contributed by atoms with Crippen molar-refractivity contribution in [3.8, 4) is 0 Å². The van der Waals surface area contributed by atoms with Crippen molar-refractivity contribution in [2.24, 2.45) is 0 Å². The molecule has 8 heteroatoms. The Kier molecular flexibility index (Phi) is 3.92. The van der Waals surface area contributed by atoms with Crippen LogP contribution in [-0.2, 0) is 12.7 Å². The van der Waals surface area contributed by atoms with E-state index in [2.05, 4.69) is 4.98 Å². The summed E-state index contributed by atoms with van der Waals surface area (Å²) in [4.78, 5) is 16.8. The van der Waals surface area contributed by atoms with E-state index in [4.69, 9.17) is 4.42 Å². The first-order valence-electron chi connectivity index (χ1n) is 8.99. The van der Waals surface area contributed by atoms with Crippen molar-refractivity contribution in [3.05, 3.63) is 88.2 Å². The van der Waals surface area contributed by atoms with Crippen LogP contribution in [0.2, 0.25) is 0 Å². The summed E-state index contributed by atoms with van der Waals surface area (Å²) in [6.07, 6.45) is -3.13. The lowest BCUT2D eigenvalue weighted by atomic mass is 10.1. The first kappa shape index (κ1) is 18.4. The summed E-state index contributed by atoms with van der Waals surface area (Å²) >= 11 is 0. The van der Waals surface area contributed by atoms with Crippen LogP contribution in [0.4, 0.5) is 17.6 Å². The molecule has 0 N–H and O–H groups in total. The number of alkyl halides is 3. The lowest BCUT2D eigenvalue weighted by molar-refractivity contribution is -0.137. The molecule has 0 atom stereocenters. The van der Waals surface area contributed by atoms with Crippen LogP contribution in [0, 0.1) is 5.82 Å². The smallest absolute Gasteiger partial charge is 0.402 e. The molecule has 5 rings (SSSR count). The number of benzene rings is 2. The Morgan fingerprint density at radius 2 is 1.80 bits per heavy atom. The maximum atomic E-state index is 14.3. The highest BCUT2D eigenvalue weighted by Gasteiger charge is 2.31. The van der Waals surface area contributed by atoms with Gasteiger partial charge in [0.15, 0.2) is 0 Å². The quantitative estimate of drug-likeness (QED) is 0.360. The predicted molar refractivity (Wildman–Crippen MR) is 104 cm³/mol. The topological polar surface area (TPSA) is 48.0 Å². The SMILES string of the molecule is O=c1oc2ncccc2c2c3cc(C(F)(F)F)ccc3n(Cc3ccccc3F)c12. The van der Waals surface area contributed by atoms with Crippen LogP contribution in [0.15, 0.2) is 70.0 Å². The number of aromatic nitrogens is 2. The van der Waals surface area contributed by atoms with E-state index >= 15 is 0 Å². The van der Waals surface area contributed by atoms with E-state index < -0.39 is 23.2 Å². The van der Waals surface area contributed by atoms with Crippen LogP contribution in [-0.4, -0.2) is 9.55 Å². The molecule has 0 aliphatic rings. The molecule has 0 amide bonds. The third-order valence-electron chi connectivity index (χ3n) is 5.10. The zero-order chi connectivity index (χ0) is 21.0. The molecule has 2 aromatic carbocycles. The fraction of sp³-hybridized carbons (Fsp3) is 0.0909. The molecule has 0 aliphatic carbocycles. The van der Waals surface area contributed by atoms with Crippen LogP contribution in [0.3, 0.4) is 0 Å². The number of halogens is 4. The average molecular weight is 412 g/mol. The van der Waals surface area contributed by atoms with E-state index in [0.717, 1.165) is 12.1 Å². The molecule has 0 spiro atoms. The molecule has 0 bridgehead atoms. The minimum Gasteiger partial charge on any atom is -0.402 e. The molecule has 0 aliphatic heterocycles. The summed E-state index contributed by atoms with van der Waals surface area (Å²) in [5, 5.41) is 0.928. The van der Waals surface area contributed by atoms with Gasteiger partial charge in [-0.1, -0.05) is 18.2 Å². The molecular formula is C22H12F4N2O2. The minimum atomic E-state index is -4.55. The monoisotopic (exact) mass is 412 g/mol. The number of fused-ring (bicyclic) bond motifs is 5. The van der Waals surface area contributed by atoms with E-state index in [-0.39, 0.29) is 23.2 Å². The van der Waals surface area contributed by atoms with Crippen molar-refractivity contribution in [2.45, 2.75) is 12.7 Å². The Hall–Kier alpha value is -3.68. The van der Waals surface area contributed by atoms with Gasteiger partial charge in [0.25, 0.3) is 0 Å². The number of hydrogen-bond donors (Lipinski definition) is 0. The van der Waals surface area contributed by atoms with Gasteiger partial charge in [-0.25, -0.2) is 14.2 Å². The van der Waals surface area contributed by atoms with Gasteiger partial charge in [-0.05, 0) is 36.4 Å². The first-order chi connectivity index (χ1) is 14.3. The molecule has 0 saturated heterocycles. The fourth-order valence-corrected chi connectivity index (χ4v) is 3.78. The van der Waals surface area contributed by atoms with E-state index in [1.807, 2.05) is 0 Å². The van der Waals surface area contributed by atoms with Crippen molar-refractivity contribution in [3.63, 3.8) is 0 Å². The number of rotatable bonds is 2. The highest BCUT2D eigenvalue weighted by atomic mass is 19.4. The third-order valence-corrected chi connectivity index (χ3v) is 5.10. The average Bonchev–Trinajstić information content (AvgIpc) is 3.04. The van der Waals surface area contributed by atoms with Gasteiger partial charge in [0.2, 0.25) is 5.71 Å². The summed E-state index contributed by atoms with van der Waals surface area (Å²) in [5.41, 5.74) is -0.847. The highest BCUT2D eigenvalue weighted by Crippen LogP contribution is 2.37. The maximum absolute atomic E-state index is 14.3. The molecule has 3 aromatic heterocycles.